The number of fused-ring (bicyclic) bond motifs is 1. The number of aromatic nitrogens is 3. The van der Waals surface area contributed by atoms with E-state index in [0.717, 1.165) is 0 Å². The molecule has 0 saturated carbocycles. The zero-order valence-electron chi connectivity index (χ0n) is 6.28. The molecule has 0 amide bonds. The number of hydrogen-bond donors (Lipinski definition) is 1. The number of imidazole rings is 1. The monoisotopic (exact) mass is 194 g/mol. The highest BCUT2D eigenvalue weighted by molar-refractivity contribution is 6.30. The van der Waals surface area contributed by atoms with Crippen LogP contribution in [0.25, 0.3) is 11.0 Å². The second-order valence-electron chi connectivity index (χ2n) is 2.27. The minimum atomic E-state index is 0.179. The smallest absolute Gasteiger partial charge is 0.242 e. The standard InChI is InChI=1S/C7H3ClN4O/c8-5-1-4-6(10-2-9-4)7(12-5)11-3-13/h1-2H,(H,9,10). The first-order valence-electron chi connectivity index (χ1n) is 3.39. The van der Waals surface area contributed by atoms with Crippen molar-refractivity contribution in [3.05, 3.63) is 17.5 Å². The van der Waals surface area contributed by atoms with Crippen LogP contribution < -0.4 is 0 Å². The molecular formula is C7H3ClN4O. The maximum Gasteiger partial charge on any atom is 0.242 e. The quantitative estimate of drug-likeness (QED) is 0.426. The Hall–Kier alpha value is -1.71. The van der Waals surface area contributed by atoms with Crippen LogP contribution in [0.3, 0.4) is 0 Å². The summed E-state index contributed by atoms with van der Waals surface area (Å²) >= 11 is 5.67. The van der Waals surface area contributed by atoms with Crippen molar-refractivity contribution in [3.63, 3.8) is 0 Å². The highest BCUT2D eigenvalue weighted by Crippen LogP contribution is 2.23. The molecule has 0 saturated heterocycles. The van der Waals surface area contributed by atoms with E-state index in [1.807, 2.05) is 0 Å². The third kappa shape index (κ3) is 1.30. The Bertz CT molecular complexity index is 500. The summed E-state index contributed by atoms with van der Waals surface area (Å²) in [5.74, 6) is 0.179. The second kappa shape index (κ2) is 2.97. The van der Waals surface area contributed by atoms with Crippen molar-refractivity contribution in [1.82, 2.24) is 15.0 Å². The van der Waals surface area contributed by atoms with E-state index in [1.54, 1.807) is 6.07 Å². The third-order valence-corrected chi connectivity index (χ3v) is 1.70. The Morgan fingerprint density at radius 3 is 3.23 bits per heavy atom. The van der Waals surface area contributed by atoms with Gasteiger partial charge in [-0.2, -0.15) is 0 Å². The van der Waals surface area contributed by atoms with Crippen molar-refractivity contribution in [1.29, 1.82) is 0 Å². The van der Waals surface area contributed by atoms with Crippen LogP contribution in [0.5, 0.6) is 0 Å². The van der Waals surface area contributed by atoms with Crippen molar-refractivity contribution in [2.45, 2.75) is 0 Å². The van der Waals surface area contributed by atoms with Gasteiger partial charge < -0.3 is 4.98 Å². The number of aliphatic imine (C=N–C) groups is 1. The van der Waals surface area contributed by atoms with Crippen LogP contribution in [0.4, 0.5) is 5.82 Å². The predicted molar refractivity (Wildman–Crippen MR) is 46.7 cm³/mol. The van der Waals surface area contributed by atoms with Crippen LogP contribution in [-0.4, -0.2) is 21.0 Å². The number of hydrogen-bond acceptors (Lipinski definition) is 4. The maximum atomic E-state index is 10.0. The lowest BCUT2D eigenvalue weighted by atomic mass is 10.4. The molecule has 6 heteroatoms. The molecule has 0 atom stereocenters. The zero-order chi connectivity index (χ0) is 9.26. The van der Waals surface area contributed by atoms with Crippen molar-refractivity contribution in [2.24, 2.45) is 4.99 Å². The number of nitrogens with one attached hydrogen (secondary N) is 1. The number of isocyanates is 1. The van der Waals surface area contributed by atoms with Crippen molar-refractivity contribution in [3.8, 4) is 0 Å². The molecule has 2 rings (SSSR count). The van der Waals surface area contributed by atoms with E-state index in [-0.39, 0.29) is 11.0 Å². The van der Waals surface area contributed by atoms with E-state index in [2.05, 4.69) is 19.9 Å². The first-order valence-corrected chi connectivity index (χ1v) is 3.76. The van der Waals surface area contributed by atoms with Crippen LogP contribution in [0, 0.1) is 0 Å². The highest BCUT2D eigenvalue weighted by Gasteiger charge is 2.05. The second-order valence-corrected chi connectivity index (χ2v) is 2.66. The van der Waals surface area contributed by atoms with Crippen LogP contribution in [-0.2, 0) is 4.79 Å². The Kier molecular flexibility index (Phi) is 1.81. The SMILES string of the molecule is O=C=Nc1nc(Cl)cc2[nH]cnc12. The molecular weight excluding hydrogens is 192 g/mol. The van der Waals surface area contributed by atoms with Gasteiger partial charge in [0.15, 0.2) is 5.82 Å². The van der Waals surface area contributed by atoms with E-state index in [0.29, 0.717) is 11.0 Å². The molecule has 0 fully saturated rings. The van der Waals surface area contributed by atoms with Crippen molar-refractivity contribution < 1.29 is 4.79 Å². The minimum Gasteiger partial charge on any atom is -0.344 e. The summed E-state index contributed by atoms with van der Waals surface area (Å²) in [6.07, 6.45) is 2.87. The minimum absolute atomic E-state index is 0.179. The molecule has 0 aliphatic rings. The molecule has 2 aromatic rings. The van der Waals surface area contributed by atoms with Gasteiger partial charge in [-0.3, -0.25) is 0 Å². The zero-order valence-corrected chi connectivity index (χ0v) is 7.04. The molecule has 0 spiro atoms. The van der Waals surface area contributed by atoms with Crippen molar-refractivity contribution in [2.75, 3.05) is 0 Å². The van der Waals surface area contributed by atoms with Crippen LogP contribution in [0.15, 0.2) is 17.4 Å². The van der Waals surface area contributed by atoms with Crippen LogP contribution in [0.1, 0.15) is 0 Å². The summed E-state index contributed by atoms with van der Waals surface area (Å²) in [6.45, 7) is 0. The first kappa shape index (κ1) is 7.91. The van der Waals surface area contributed by atoms with Gasteiger partial charge in [-0.25, -0.2) is 14.8 Å². The van der Waals surface area contributed by atoms with Gasteiger partial charge in [0, 0.05) is 6.07 Å². The molecule has 1 N–H and O–H groups in total. The Labute approximate surface area is 77.5 Å². The summed E-state index contributed by atoms with van der Waals surface area (Å²) in [6, 6.07) is 1.60. The lowest BCUT2D eigenvalue weighted by Crippen LogP contribution is -1.79. The highest BCUT2D eigenvalue weighted by atomic mass is 35.5. The number of carbonyl (C=O) groups excluding carboxylic acids is 1. The summed E-state index contributed by atoms with van der Waals surface area (Å²) < 4.78 is 0. The van der Waals surface area contributed by atoms with Gasteiger partial charge in [0.05, 0.1) is 11.8 Å². The number of halogens is 1. The van der Waals surface area contributed by atoms with E-state index in [9.17, 15) is 4.79 Å². The van der Waals surface area contributed by atoms with E-state index >= 15 is 0 Å². The van der Waals surface area contributed by atoms with Crippen molar-refractivity contribution >= 4 is 34.5 Å². The fourth-order valence-corrected chi connectivity index (χ4v) is 1.21. The summed E-state index contributed by atoms with van der Waals surface area (Å²) in [5, 5.41) is 0.255. The summed E-state index contributed by atoms with van der Waals surface area (Å²) in [5.41, 5.74) is 1.20. The summed E-state index contributed by atoms with van der Waals surface area (Å²) in [7, 11) is 0. The fourth-order valence-electron chi connectivity index (χ4n) is 1.02. The molecule has 2 aromatic heterocycles. The van der Waals surface area contributed by atoms with Gasteiger partial charge in [-0.15, -0.1) is 4.99 Å². The normalized spacial score (nSPS) is 9.92. The average molecular weight is 195 g/mol. The Morgan fingerprint density at radius 2 is 2.46 bits per heavy atom. The van der Waals surface area contributed by atoms with Crippen LogP contribution >= 0.6 is 11.6 Å². The molecule has 2 heterocycles. The number of rotatable bonds is 1. The lowest BCUT2D eigenvalue weighted by Gasteiger charge is -1.93. The van der Waals surface area contributed by atoms with E-state index < -0.39 is 0 Å². The lowest BCUT2D eigenvalue weighted by molar-refractivity contribution is 0.565. The number of H-pyrrole nitrogens is 1. The average Bonchev–Trinajstić information content (AvgIpc) is 2.52. The molecule has 5 nitrogen and oxygen atoms in total. The van der Waals surface area contributed by atoms with E-state index in [1.165, 1.54) is 12.4 Å². The van der Waals surface area contributed by atoms with E-state index in [4.69, 9.17) is 11.6 Å². The van der Waals surface area contributed by atoms with Gasteiger partial charge in [-0.05, 0) is 0 Å². The largest absolute Gasteiger partial charge is 0.344 e. The maximum absolute atomic E-state index is 10.0. The molecule has 0 unspecified atom stereocenters. The number of aromatic amines is 1. The molecule has 0 aromatic carbocycles. The molecule has 0 bridgehead atoms. The van der Waals surface area contributed by atoms with Gasteiger partial charge >= 0.3 is 0 Å². The first-order chi connectivity index (χ1) is 6.31. The topological polar surface area (TPSA) is 71.0 Å². The molecule has 0 radical (unpaired) electrons. The molecule has 0 aliphatic carbocycles. The molecule has 0 aliphatic heterocycles. The molecule has 64 valence electrons. The Balaban J connectivity index is 2.84. The van der Waals surface area contributed by atoms with Gasteiger partial charge in [0.25, 0.3) is 0 Å². The number of nitrogens with zero attached hydrogens (tertiary/aromatic N) is 3. The summed E-state index contributed by atoms with van der Waals surface area (Å²) in [4.78, 5) is 24.0. The van der Waals surface area contributed by atoms with Crippen LogP contribution in [0.2, 0.25) is 5.15 Å². The number of pyridine rings is 1. The van der Waals surface area contributed by atoms with Gasteiger partial charge in [0.2, 0.25) is 6.08 Å². The molecule has 13 heavy (non-hydrogen) atoms. The predicted octanol–water partition coefficient (Wildman–Crippen LogP) is 1.58. The Morgan fingerprint density at radius 1 is 1.62 bits per heavy atom. The van der Waals surface area contributed by atoms with Gasteiger partial charge in [0.1, 0.15) is 10.7 Å². The fraction of sp³-hybridized carbons (Fsp3) is 0. The van der Waals surface area contributed by atoms with Gasteiger partial charge in [-0.1, -0.05) is 11.6 Å². The third-order valence-electron chi connectivity index (χ3n) is 1.51.